The third kappa shape index (κ3) is 12.0. The molecule has 0 fully saturated rings. The van der Waals surface area contributed by atoms with Crippen molar-refractivity contribution in [3.8, 4) is 46.9 Å². The number of hydrogen-bond acceptors (Lipinski definition) is 4. The predicted molar refractivity (Wildman–Crippen MR) is 182 cm³/mol. The van der Waals surface area contributed by atoms with Crippen LogP contribution in [0.5, 0.6) is 0 Å². The van der Waals surface area contributed by atoms with Crippen molar-refractivity contribution in [2.75, 3.05) is 0 Å². The minimum atomic E-state index is -1.52. The molecule has 0 aliphatic heterocycles. The van der Waals surface area contributed by atoms with Crippen molar-refractivity contribution in [3.05, 3.63) is 91.0 Å². The van der Waals surface area contributed by atoms with Gasteiger partial charge in [0.05, 0.1) is 43.8 Å². The zero-order valence-electron chi connectivity index (χ0n) is 24.3. The summed E-state index contributed by atoms with van der Waals surface area (Å²) in [6.07, 6.45) is 8.43. The van der Waals surface area contributed by atoms with Gasteiger partial charge in [-0.3, -0.25) is 0 Å². The maximum absolute atomic E-state index is 13.5. The largest absolute Gasteiger partial charge is 0.238 e. The van der Waals surface area contributed by atoms with Crippen LogP contribution in [-0.4, -0.2) is 35.7 Å². The Hall–Kier alpha value is -3.44. The summed E-state index contributed by atoms with van der Waals surface area (Å²) in [7, 11) is -2.62. The van der Waals surface area contributed by atoms with E-state index >= 15 is 0 Å². The molecule has 0 bridgehead atoms. The first-order chi connectivity index (χ1) is 19.9. The van der Waals surface area contributed by atoms with Crippen molar-refractivity contribution in [1.82, 2.24) is 19.6 Å². The summed E-state index contributed by atoms with van der Waals surface area (Å²) < 4.78 is 30.3. The van der Waals surface area contributed by atoms with Gasteiger partial charge in [-0.1, -0.05) is 68.4 Å². The van der Waals surface area contributed by atoms with E-state index in [4.69, 9.17) is 40.1 Å². The van der Waals surface area contributed by atoms with E-state index in [0.29, 0.717) is 22.1 Å². The van der Waals surface area contributed by atoms with Crippen LogP contribution >= 0.6 is 45.8 Å². The van der Waals surface area contributed by atoms with Crippen LogP contribution in [0.4, 0.5) is 8.78 Å². The van der Waals surface area contributed by atoms with E-state index in [-0.39, 0.29) is 16.3 Å². The number of rotatable bonds is 2. The van der Waals surface area contributed by atoms with Crippen molar-refractivity contribution >= 4 is 61.9 Å². The highest BCUT2D eigenvalue weighted by atomic mass is 127. The summed E-state index contributed by atoms with van der Waals surface area (Å²) in [5.74, 6) is 2.05. The van der Waals surface area contributed by atoms with Gasteiger partial charge in [0.15, 0.2) is 10.3 Å². The average Bonchev–Trinajstić information content (AvgIpc) is 3.47. The summed E-state index contributed by atoms with van der Waals surface area (Å²) in [5.41, 5.74) is 7.93. The number of terminal acetylenes is 1. The van der Waals surface area contributed by atoms with Crippen molar-refractivity contribution < 1.29 is 8.78 Å². The quantitative estimate of drug-likeness (QED) is 0.117. The van der Waals surface area contributed by atoms with Crippen LogP contribution in [0.1, 0.15) is 16.7 Å². The molecular formula is C30H27Cl2F2IN6Si2. The monoisotopic (exact) mass is 762 g/mol. The Labute approximate surface area is 276 Å². The maximum atomic E-state index is 13.5. The van der Waals surface area contributed by atoms with E-state index in [0.717, 1.165) is 3.57 Å². The van der Waals surface area contributed by atoms with E-state index in [2.05, 4.69) is 66.5 Å². The number of nitriles is 2. The summed E-state index contributed by atoms with van der Waals surface area (Å²) in [5, 5.41) is 26.3. The van der Waals surface area contributed by atoms with Crippen molar-refractivity contribution in [3.63, 3.8) is 0 Å². The normalized spacial score (nSPS) is 10.4. The molecule has 0 saturated carbocycles. The van der Waals surface area contributed by atoms with Gasteiger partial charge >= 0.3 is 0 Å². The Morgan fingerprint density at radius 1 is 0.767 bits per heavy atom. The van der Waals surface area contributed by atoms with Gasteiger partial charge in [-0.15, -0.1) is 17.5 Å². The molecule has 0 amide bonds. The van der Waals surface area contributed by atoms with Crippen molar-refractivity contribution in [2.24, 2.45) is 0 Å². The highest BCUT2D eigenvalue weighted by Crippen LogP contribution is 2.20. The molecule has 43 heavy (non-hydrogen) atoms. The number of benzene rings is 2. The molecule has 4 aromatic rings. The Morgan fingerprint density at radius 3 is 1.58 bits per heavy atom. The van der Waals surface area contributed by atoms with E-state index in [9.17, 15) is 8.78 Å². The molecule has 0 unspecified atom stereocenters. The highest BCUT2D eigenvalue weighted by Gasteiger charge is 2.12. The van der Waals surface area contributed by atoms with E-state index in [1.54, 1.807) is 24.5 Å². The average molecular weight is 764 g/mol. The fourth-order valence-electron chi connectivity index (χ4n) is 2.83. The molecule has 2 aromatic heterocycles. The van der Waals surface area contributed by atoms with Gasteiger partial charge in [0.25, 0.3) is 0 Å². The van der Waals surface area contributed by atoms with Gasteiger partial charge in [0, 0.05) is 12.4 Å². The first-order valence-electron chi connectivity index (χ1n) is 12.5. The second-order valence-corrected chi connectivity index (χ2v) is 22.4. The number of aromatic nitrogens is 4. The molecule has 0 N–H and O–H groups in total. The van der Waals surface area contributed by atoms with Crippen LogP contribution in [0.3, 0.4) is 0 Å². The fraction of sp³-hybridized carbons (Fsp3) is 0.200. The zero-order chi connectivity index (χ0) is 32.5. The molecule has 2 heterocycles. The van der Waals surface area contributed by atoms with Crippen LogP contribution in [0.15, 0.2) is 48.8 Å². The minimum absolute atomic E-state index is 0.228. The molecule has 0 aliphatic carbocycles. The van der Waals surface area contributed by atoms with Crippen LogP contribution in [-0.2, 0) is 0 Å². The van der Waals surface area contributed by atoms with Gasteiger partial charge in [-0.05, 0) is 59.0 Å². The minimum Gasteiger partial charge on any atom is -0.238 e. The second-order valence-electron chi connectivity index (χ2n) is 11.0. The van der Waals surface area contributed by atoms with Crippen LogP contribution in [0.2, 0.25) is 49.6 Å². The highest BCUT2D eigenvalue weighted by molar-refractivity contribution is 14.1. The van der Waals surface area contributed by atoms with E-state index in [1.807, 2.05) is 34.7 Å². The topological polar surface area (TPSA) is 83.2 Å². The zero-order valence-corrected chi connectivity index (χ0v) is 29.9. The molecule has 2 aromatic carbocycles. The summed E-state index contributed by atoms with van der Waals surface area (Å²) in [4.78, 5) is 0. The fourth-order valence-corrected chi connectivity index (χ4v) is 4.02. The molecule has 0 spiro atoms. The third-order valence-electron chi connectivity index (χ3n) is 4.85. The molecule has 0 atom stereocenters. The van der Waals surface area contributed by atoms with Crippen LogP contribution in [0.25, 0.3) is 11.4 Å². The van der Waals surface area contributed by atoms with Crippen molar-refractivity contribution in [1.29, 1.82) is 10.5 Å². The standard InChI is InChI=1S/C15H13ClFN3Si.C10H4ClFIN3.C5H10Si/c1-21(2,3)5-4-12-10-20(19-15(12)16)14-7-11(9-18)6-13(17)8-14;11-10-9(13)5-16(15-10)8-2-6(4-14)1-7(12)3-8;1-5-6(2,3)4/h6-8,10H,1-3H3;1-3,5H;1H,2-4H3. The Kier molecular flexibility index (Phi) is 12.8. The van der Waals surface area contributed by atoms with Crippen LogP contribution in [0, 0.1) is 61.3 Å². The number of hydrogen-bond donors (Lipinski definition) is 0. The third-order valence-corrected chi connectivity index (χ3v) is 8.26. The van der Waals surface area contributed by atoms with Gasteiger partial charge in [-0.25, -0.2) is 18.1 Å². The summed E-state index contributed by atoms with van der Waals surface area (Å²) >= 11 is 13.9. The van der Waals surface area contributed by atoms with E-state index < -0.39 is 27.8 Å². The molecule has 0 radical (unpaired) electrons. The van der Waals surface area contributed by atoms with Crippen LogP contribution < -0.4 is 0 Å². The molecule has 13 heteroatoms. The molecule has 220 valence electrons. The van der Waals surface area contributed by atoms with Gasteiger partial charge in [0.2, 0.25) is 0 Å². The molecule has 6 nitrogen and oxygen atoms in total. The lowest BCUT2D eigenvalue weighted by Gasteiger charge is -2.02. The van der Waals surface area contributed by atoms with Gasteiger partial charge < -0.3 is 0 Å². The van der Waals surface area contributed by atoms with Crippen molar-refractivity contribution in [2.45, 2.75) is 39.3 Å². The Morgan fingerprint density at radius 2 is 1.21 bits per heavy atom. The summed E-state index contributed by atoms with van der Waals surface area (Å²) in [6, 6.07) is 11.8. The first-order valence-corrected chi connectivity index (χ1v) is 21.4. The number of nitrogens with zero attached hydrogens (tertiary/aromatic N) is 6. The van der Waals surface area contributed by atoms with E-state index in [1.165, 1.54) is 33.6 Å². The maximum Gasteiger partial charge on any atom is 0.167 e. The predicted octanol–water partition coefficient (Wildman–Crippen LogP) is 8.40. The smallest absolute Gasteiger partial charge is 0.167 e. The Bertz CT molecular complexity index is 1790. The molecular weight excluding hydrogens is 736 g/mol. The van der Waals surface area contributed by atoms with Gasteiger partial charge in [0.1, 0.15) is 27.8 Å². The lowest BCUT2D eigenvalue weighted by atomic mass is 10.2. The molecule has 4 rings (SSSR count). The lowest BCUT2D eigenvalue weighted by Crippen LogP contribution is -2.16. The number of halogens is 5. The molecule has 0 saturated heterocycles. The van der Waals surface area contributed by atoms with Gasteiger partial charge in [-0.2, -0.15) is 20.7 Å². The second kappa shape index (κ2) is 15.3. The molecule has 0 aliphatic rings. The summed E-state index contributed by atoms with van der Waals surface area (Å²) in [6.45, 7) is 12.8. The SMILES string of the molecule is C#C[Si](C)(C)C.C[Si](C)(C)C#Cc1cn(-c2cc(F)cc(C#N)c2)nc1Cl.N#Cc1cc(F)cc(-n2cc(I)c(Cl)n2)c1. The first kappa shape index (κ1) is 35.8. The Balaban J connectivity index is 0.000000259. The lowest BCUT2D eigenvalue weighted by molar-refractivity contribution is 0.624.